The van der Waals surface area contributed by atoms with Crippen LogP contribution in [-0.2, 0) is 9.36 Å². The number of hydrogen-bond acceptors (Lipinski definition) is 4. The second kappa shape index (κ2) is 4.28. The summed E-state index contributed by atoms with van der Waals surface area (Å²) in [7, 11) is -3.08. The largest absolute Gasteiger partial charge is 0.508 e. The Kier molecular flexibility index (Phi) is 2.86. The lowest BCUT2D eigenvalue weighted by Gasteiger charge is -2.37. The van der Waals surface area contributed by atoms with E-state index in [0.29, 0.717) is 22.0 Å². The Morgan fingerprint density at radius 2 is 1.90 bits per heavy atom. The number of aromatic hydroxyl groups is 1. The van der Waals surface area contributed by atoms with Crippen LogP contribution < -0.4 is 5.30 Å². The average molecular weight is 301 g/mol. The zero-order valence-corrected chi connectivity index (χ0v) is 13.0. The molecule has 1 aliphatic carbocycles. The number of hydrogen-bond donors (Lipinski definition) is 1. The second-order valence-electron chi connectivity index (χ2n) is 6.22. The van der Waals surface area contributed by atoms with Crippen LogP contribution in [0.4, 0.5) is 5.69 Å². The Hall–Kier alpha value is -1.93. The van der Waals surface area contributed by atoms with Gasteiger partial charge in [0.1, 0.15) is 5.75 Å². The van der Waals surface area contributed by atoms with Crippen molar-refractivity contribution in [2.24, 2.45) is 4.99 Å². The van der Waals surface area contributed by atoms with E-state index >= 15 is 0 Å². The first-order valence-electron chi connectivity index (χ1n) is 6.70. The summed E-state index contributed by atoms with van der Waals surface area (Å²) in [6.45, 7) is 5.65. The molecule has 1 N–H and O–H groups in total. The van der Waals surface area contributed by atoms with Crippen molar-refractivity contribution in [3.05, 3.63) is 41.7 Å². The van der Waals surface area contributed by atoms with Crippen LogP contribution in [0.3, 0.4) is 0 Å². The predicted molar refractivity (Wildman–Crippen MR) is 84.4 cm³/mol. The number of benzene rings is 1. The highest BCUT2D eigenvalue weighted by atomic mass is 31.2. The Morgan fingerprint density at radius 1 is 1.19 bits per heavy atom. The zero-order chi connectivity index (χ0) is 15.4. The molecule has 5 heteroatoms. The zero-order valence-electron chi connectivity index (χ0n) is 12.1. The molecule has 1 atom stereocenters. The molecule has 3 rings (SSSR count). The molecule has 1 aromatic carbocycles. The molecule has 2 aliphatic rings. The highest BCUT2D eigenvalue weighted by Gasteiger charge is 2.47. The Morgan fingerprint density at radius 3 is 2.57 bits per heavy atom. The van der Waals surface area contributed by atoms with Gasteiger partial charge in [-0.05, 0) is 36.4 Å². The van der Waals surface area contributed by atoms with Crippen molar-refractivity contribution >= 4 is 29.6 Å². The third-order valence-electron chi connectivity index (χ3n) is 3.77. The fraction of sp³-hybridized carbons (Fsp3) is 0.250. The summed E-state index contributed by atoms with van der Waals surface area (Å²) in [5, 5.41) is 10.2. The van der Waals surface area contributed by atoms with Gasteiger partial charge in [-0.2, -0.15) is 0 Å². The number of ketones is 1. The molecule has 1 heterocycles. The maximum Gasteiger partial charge on any atom is 0.179 e. The van der Waals surface area contributed by atoms with Gasteiger partial charge in [0.15, 0.2) is 12.9 Å². The monoisotopic (exact) mass is 301 g/mol. The molecule has 108 valence electrons. The third kappa shape index (κ3) is 1.94. The number of phenolic OH excluding ortho intramolecular Hbond substituents is 1. The predicted octanol–water partition coefficient (Wildman–Crippen LogP) is 3.29. The first-order chi connectivity index (χ1) is 9.73. The van der Waals surface area contributed by atoms with Gasteiger partial charge in [0.2, 0.25) is 0 Å². The van der Waals surface area contributed by atoms with Gasteiger partial charge in [-0.25, -0.2) is 4.99 Å². The lowest BCUT2D eigenvalue weighted by Crippen LogP contribution is -2.30. The Bertz CT molecular complexity index is 794. The third-order valence-corrected chi connectivity index (χ3v) is 7.73. The fourth-order valence-corrected chi connectivity index (χ4v) is 5.91. The van der Waals surface area contributed by atoms with Crippen molar-refractivity contribution in [3.8, 4) is 5.75 Å². The average Bonchev–Trinajstić information content (AvgIpc) is 2.39. The topological polar surface area (TPSA) is 66.7 Å². The number of allylic oxidation sites excluding steroid dienone is 4. The van der Waals surface area contributed by atoms with Gasteiger partial charge in [0.25, 0.3) is 0 Å². The SMILES string of the molecule is CC(C)(C)P1(=O)C2=CC(=O)C=CC2=Nc2ccc(O)cc21. The van der Waals surface area contributed by atoms with Crippen LogP contribution in [0.5, 0.6) is 5.75 Å². The molecular weight excluding hydrogens is 285 g/mol. The molecule has 1 unspecified atom stereocenters. The normalized spacial score (nSPS) is 24.0. The quantitative estimate of drug-likeness (QED) is 0.590. The summed E-state index contributed by atoms with van der Waals surface area (Å²) in [5.41, 5.74) is 1.17. The van der Waals surface area contributed by atoms with E-state index in [1.165, 1.54) is 24.3 Å². The van der Waals surface area contributed by atoms with Gasteiger partial charge in [-0.15, -0.1) is 0 Å². The first kappa shape index (κ1) is 14.0. The first-order valence-corrected chi connectivity index (χ1v) is 8.41. The van der Waals surface area contributed by atoms with Gasteiger partial charge in [0, 0.05) is 15.8 Å². The number of phenols is 1. The van der Waals surface area contributed by atoms with Crippen molar-refractivity contribution in [1.29, 1.82) is 0 Å². The van der Waals surface area contributed by atoms with E-state index in [0.717, 1.165) is 0 Å². The second-order valence-corrected chi connectivity index (χ2v) is 9.74. The number of nitrogens with zero attached hydrogens (tertiary/aromatic N) is 1. The van der Waals surface area contributed by atoms with Gasteiger partial charge >= 0.3 is 0 Å². The van der Waals surface area contributed by atoms with Crippen molar-refractivity contribution in [2.45, 2.75) is 25.9 Å². The van der Waals surface area contributed by atoms with Crippen LogP contribution in [-0.4, -0.2) is 21.8 Å². The summed E-state index contributed by atoms with van der Waals surface area (Å²) >= 11 is 0. The van der Waals surface area contributed by atoms with Gasteiger partial charge in [-0.1, -0.05) is 20.8 Å². The number of carbonyl (C=O) groups excluding carboxylic acids is 1. The maximum absolute atomic E-state index is 13.9. The van der Waals surface area contributed by atoms with Gasteiger partial charge < -0.3 is 9.67 Å². The van der Waals surface area contributed by atoms with E-state index in [2.05, 4.69) is 4.99 Å². The van der Waals surface area contributed by atoms with E-state index in [9.17, 15) is 14.5 Å². The number of carbonyl (C=O) groups is 1. The molecule has 0 bridgehead atoms. The molecule has 4 nitrogen and oxygen atoms in total. The van der Waals surface area contributed by atoms with Gasteiger partial charge in [-0.3, -0.25) is 4.79 Å². The molecule has 0 fully saturated rings. The van der Waals surface area contributed by atoms with E-state index in [-0.39, 0.29) is 11.5 Å². The summed E-state index contributed by atoms with van der Waals surface area (Å²) in [4.78, 5) is 16.2. The summed E-state index contributed by atoms with van der Waals surface area (Å²) in [6.07, 6.45) is 4.46. The van der Waals surface area contributed by atoms with E-state index in [1.807, 2.05) is 20.8 Å². The molecule has 0 radical (unpaired) electrons. The number of aliphatic imine (C=N–C) groups is 1. The molecular formula is C16H16NO3P. The number of fused-ring (bicyclic) bond motifs is 2. The molecule has 0 spiro atoms. The Labute approximate surface area is 123 Å². The summed E-state index contributed by atoms with van der Waals surface area (Å²) < 4.78 is 13.9. The van der Waals surface area contributed by atoms with Crippen molar-refractivity contribution in [1.82, 2.24) is 0 Å². The van der Waals surface area contributed by atoms with E-state index < -0.39 is 12.3 Å². The van der Waals surface area contributed by atoms with Crippen molar-refractivity contribution in [3.63, 3.8) is 0 Å². The molecule has 1 aliphatic heterocycles. The highest BCUT2D eigenvalue weighted by Crippen LogP contribution is 2.66. The maximum atomic E-state index is 13.9. The lowest BCUT2D eigenvalue weighted by atomic mass is 10.1. The minimum absolute atomic E-state index is 0.0511. The molecule has 0 saturated heterocycles. The summed E-state index contributed by atoms with van der Waals surface area (Å²) in [6, 6.07) is 4.70. The highest BCUT2D eigenvalue weighted by molar-refractivity contribution is 7.78. The van der Waals surface area contributed by atoms with Crippen LogP contribution >= 0.6 is 7.14 Å². The van der Waals surface area contributed by atoms with Crippen molar-refractivity contribution in [2.75, 3.05) is 0 Å². The molecule has 0 saturated carbocycles. The van der Waals surface area contributed by atoms with Crippen LogP contribution in [0.1, 0.15) is 20.8 Å². The lowest BCUT2D eigenvalue weighted by molar-refractivity contribution is -0.110. The standard InChI is InChI=1S/C16H16NO3P/c1-16(2,3)21(20)14-8-10(18)4-6-12(14)17-13-7-5-11(19)9-15(13)21/h4-9,18H,1-3H3. The van der Waals surface area contributed by atoms with Crippen LogP contribution in [0, 0.1) is 0 Å². The Balaban J connectivity index is 2.41. The fourth-order valence-electron chi connectivity index (χ4n) is 2.69. The number of rotatable bonds is 0. The van der Waals surface area contributed by atoms with E-state index in [1.54, 1.807) is 12.1 Å². The summed E-state index contributed by atoms with van der Waals surface area (Å²) in [5.74, 6) is -0.132. The van der Waals surface area contributed by atoms with Crippen LogP contribution in [0.15, 0.2) is 46.7 Å². The molecule has 21 heavy (non-hydrogen) atoms. The molecule has 1 aromatic rings. The minimum atomic E-state index is -3.08. The molecule has 0 aromatic heterocycles. The minimum Gasteiger partial charge on any atom is -0.508 e. The van der Waals surface area contributed by atoms with Crippen LogP contribution in [0.25, 0.3) is 0 Å². The smallest absolute Gasteiger partial charge is 0.179 e. The molecule has 0 amide bonds. The van der Waals surface area contributed by atoms with Crippen molar-refractivity contribution < 1.29 is 14.5 Å². The van der Waals surface area contributed by atoms with Gasteiger partial charge in [0.05, 0.1) is 11.4 Å². The van der Waals surface area contributed by atoms with Crippen LogP contribution in [0.2, 0.25) is 0 Å². The van der Waals surface area contributed by atoms with E-state index in [4.69, 9.17) is 0 Å².